The highest BCUT2D eigenvalue weighted by molar-refractivity contribution is 6.36. The molecule has 2 heterocycles. The van der Waals surface area contributed by atoms with Crippen molar-refractivity contribution in [2.45, 2.75) is 31.3 Å². The highest BCUT2D eigenvalue weighted by atomic mass is 16.7. The van der Waals surface area contributed by atoms with E-state index >= 15 is 0 Å². The normalized spacial score (nSPS) is 22.4. The summed E-state index contributed by atoms with van der Waals surface area (Å²) < 4.78 is 4.67. The first-order chi connectivity index (χ1) is 8.69. The van der Waals surface area contributed by atoms with E-state index in [2.05, 4.69) is 21.4 Å². The first-order valence-electron chi connectivity index (χ1n) is 6.36. The summed E-state index contributed by atoms with van der Waals surface area (Å²) in [6.45, 7) is 6.75. The molecule has 1 saturated heterocycles. The van der Waals surface area contributed by atoms with E-state index in [4.69, 9.17) is 4.84 Å². The molecule has 0 bridgehead atoms. The smallest absolute Gasteiger partial charge is 0.355 e. The Hall–Kier alpha value is -1.36. The molecule has 0 aromatic heterocycles. The van der Waals surface area contributed by atoms with E-state index in [-0.39, 0.29) is 11.6 Å². The number of methoxy groups -OCH3 is 1. The maximum absolute atomic E-state index is 11.4. The van der Waals surface area contributed by atoms with E-state index in [1.165, 1.54) is 7.11 Å². The molecule has 0 amide bonds. The molecule has 0 atom stereocenters. The van der Waals surface area contributed by atoms with Gasteiger partial charge in [0.15, 0.2) is 5.71 Å². The summed E-state index contributed by atoms with van der Waals surface area (Å²) in [5.74, 6) is -0.374. The number of likely N-dealkylation sites (tertiary alicyclic amines) is 1. The number of oxime groups is 1. The summed E-state index contributed by atoms with van der Waals surface area (Å²) in [6, 6.07) is 0. The average molecular weight is 252 g/mol. The molecule has 100 valence electrons. The Bertz CT molecular complexity index is 357. The molecule has 1 spiro atoms. The molecular formula is C13H20N2O3. The number of nitrogens with zero attached hydrogens (tertiary/aromatic N) is 2. The van der Waals surface area contributed by atoms with Crippen LogP contribution in [-0.4, -0.2) is 48.9 Å². The lowest BCUT2D eigenvalue weighted by Gasteiger charge is -2.36. The zero-order chi connectivity index (χ0) is 13.0. The third kappa shape index (κ3) is 2.72. The zero-order valence-corrected chi connectivity index (χ0v) is 10.9. The van der Waals surface area contributed by atoms with Crippen molar-refractivity contribution in [2.24, 2.45) is 5.16 Å². The fourth-order valence-electron chi connectivity index (χ4n) is 2.47. The van der Waals surface area contributed by atoms with Gasteiger partial charge in [-0.25, -0.2) is 4.79 Å². The highest BCUT2D eigenvalue weighted by Crippen LogP contribution is 2.34. The van der Waals surface area contributed by atoms with Crippen molar-refractivity contribution in [3.63, 3.8) is 0 Å². The third-order valence-electron chi connectivity index (χ3n) is 3.68. The number of esters is 1. The Kier molecular flexibility index (Phi) is 4.01. The van der Waals surface area contributed by atoms with Crippen LogP contribution < -0.4 is 0 Å². The Morgan fingerprint density at radius 3 is 2.94 bits per heavy atom. The van der Waals surface area contributed by atoms with Crippen LogP contribution in [0.4, 0.5) is 0 Å². The molecule has 0 aromatic rings. The van der Waals surface area contributed by atoms with Gasteiger partial charge in [0.2, 0.25) is 0 Å². The average Bonchev–Trinajstić information content (AvgIpc) is 2.81. The minimum absolute atomic E-state index is 0.270. The number of carbonyl (C=O) groups is 1. The number of rotatable bonds is 4. The van der Waals surface area contributed by atoms with Crippen LogP contribution in [0.2, 0.25) is 0 Å². The van der Waals surface area contributed by atoms with Crippen LogP contribution in [0, 0.1) is 0 Å². The van der Waals surface area contributed by atoms with Crippen LogP contribution in [0.3, 0.4) is 0 Å². The summed E-state index contributed by atoms with van der Waals surface area (Å²) in [4.78, 5) is 19.3. The Morgan fingerprint density at radius 2 is 2.33 bits per heavy atom. The Morgan fingerprint density at radius 1 is 1.61 bits per heavy atom. The monoisotopic (exact) mass is 252 g/mol. The quantitative estimate of drug-likeness (QED) is 0.560. The molecule has 5 heteroatoms. The van der Waals surface area contributed by atoms with Gasteiger partial charge in [0.25, 0.3) is 0 Å². The van der Waals surface area contributed by atoms with Gasteiger partial charge in [0, 0.05) is 38.9 Å². The number of hydrogen-bond donors (Lipinski definition) is 0. The minimum Gasteiger partial charge on any atom is -0.464 e. The maximum atomic E-state index is 11.4. The summed E-state index contributed by atoms with van der Waals surface area (Å²) in [5.41, 5.74) is 0.144. The van der Waals surface area contributed by atoms with Crippen molar-refractivity contribution in [1.29, 1.82) is 0 Å². The molecule has 0 N–H and O–H groups in total. The van der Waals surface area contributed by atoms with Crippen LogP contribution in [-0.2, 0) is 14.4 Å². The number of hydrogen-bond acceptors (Lipinski definition) is 5. The van der Waals surface area contributed by atoms with Crippen molar-refractivity contribution in [3.05, 3.63) is 12.7 Å². The Labute approximate surface area is 107 Å². The minimum atomic E-state index is -0.374. The van der Waals surface area contributed by atoms with Crippen LogP contribution >= 0.6 is 0 Å². The topological polar surface area (TPSA) is 51.1 Å². The largest absolute Gasteiger partial charge is 0.464 e. The van der Waals surface area contributed by atoms with Crippen LogP contribution in [0.15, 0.2) is 17.8 Å². The van der Waals surface area contributed by atoms with Gasteiger partial charge in [-0.05, 0) is 6.42 Å². The summed E-state index contributed by atoms with van der Waals surface area (Å²) in [5, 5.41) is 3.88. The van der Waals surface area contributed by atoms with E-state index in [1.807, 2.05) is 6.08 Å². The fraction of sp³-hybridized carbons (Fsp3) is 0.692. The molecule has 0 saturated carbocycles. The van der Waals surface area contributed by atoms with E-state index in [0.717, 1.165) is 38.9 Å². The number of ether oxygens (including phenoxy) is 1. The second-order valence-corrected chi connectivity index (χ2v) is 4.90. The van der Waals surface area contributed by atoms with Gasteiger partial charge in [-0.2, -0.15) is 0 Å². The number of piperidine rings is 1. The SMILES string of the molecule is C=CCCN1CCC2(CC1)CC(C(=O)OC)=NO2. The molecule has 5 nitrogen and oxygen atoms in total. The summed E-state index contributed by atoms with van der Waals surface area (Å²) in [7, 11) is 1.37. The van der Waals surface area contributed by atoms with Gasteiger partial charge in [-0.1, -0.05) is 11.2 Å². The van der Waals surface area contributed by atoms with Crippen LogP contribution in [0.1, 0.15) is 25.7 Å². The van der Waals surface area contributed by atoms with Gasteiger partial charge in [-0.15, -0.1) is 6.58 Å². The van der Waals surface area contributed by atoms with E-state index in [0.29, 0.717) is 12.1 Å². The summed E-state index contributed by atoms with van der Waals surface area (Å²) >= 11 is 0. The van der Waals surface area contributed by atoms with E-state index in [9.17, 15) is 4.79 Å². The highest BCUT2D eigenvalue weighted by Gasteiger charge is 2.43. The van der Waals surface area contributed by atoms with Gasteiger partial charge in [0.05, 0.1) is 7.11 Å². The fourth-order valence-corrected chi connectivity index (χ4v) is 2.47. The van der Waals surface area contributed by atoms with E-state index < -0.39 is 0 Å². The van der Waals surface area contributed by atoms with Crippen molar-refractivity contribution >= 4 is 11.7 Å². The molecule has 1 fully saturated rings. The molecule has 2 aliphatic heterocycles. The summed E-state index contributed by atoms with van der Waals surface area (Å²) in [6.07, 6.45) is 5.35. The van der Waals surface area contributed by atoms with Crippen molar-refractivity contribution in [2.75, 3.05) is 26.7 Å². The molecule has 2 rings (SSSR count). The van der Waals surface area contributed by atoms with Gasteiger partial charge >= 0.3 is 5.97 Å². The van der Waals surface area contributed by atoms with E-state index in [1.54, 1.807) is 0 Å². The van der Waals surface area contributed by atoms with Crippen molar-refractivity contribution in [1.82, 2.24) is 4.90 Å². The first-order valence-corrected chi connectivity index (χ1v) is 6.36. The zero-order valence-electron chi connectivity index (χ0n) is 10.9. The molecule has 0 radical (unpaired) electrons. The lowest BCUT2D eigenvalue weighted by Crippen LogP contribution is -2.45. The molecule has 0 aliphatic carbocycles. The Balaban J connectivity index is 1.84. The second kappa shape index (κ2) is 5.52. The van der Waals surface area contributed by atoms with Crippen molar-refractivity contribution in [3.8, 4) is 0 Å². The molecule has 0 unspecified atom stereocenters. The van der Waals surface area contributed by atoms with Crippen LogP contribution in [0.25, 0.3) is 0 Å². The molecule has 0 aromatic carbocycles. The maximum Gasteiger partial charge on any atom is 0.355 e. The predicted octanol–water partition coefficient (Wildman–Crippen LogP) is 1.35. The number of carbonyl (C=O) groups excluding carboxylic acids is 1. The second-order valence-electron chi connectivity index (χ2n) is 4.90. The molecule has 2 aliphatic rings. The predicted molar refractivity (Wildman–Crippen MR) is 68.4 cm³/mol. The molecule has 18 heavy (non-hydrogen) atoms. The lowest BCUT2D eigenvalue weighted by molar-refractivity contribution is -0.132. The first kappa shape index (κ1) is 13.1. The molecular weight excluding hydrogens is 232 g/mol. The van der Waals surface area contributed by atoms with Gasteiger partial charge < -0.3 is 14.5 Å². The third-order valence-corrected chi connectivity index (χ3v) is 3.68. The van der Waals surface area contributed by atoms with Gasteiger partial charge in [0.1, 0.15) is 5.60 Å². The van der Waals surface area contributed by atoms with Gasteiger partial charge in [-0.3, -0.25) is 0 Å². The lowest BCUT2D eigenvalue weighted by atomic mass is 9.87. The standard InChI is InChI=1S/C13H20N2O3/c1-3-4-7-15-8-5-13(6-9-15)10-11(14-18-13)12(16)17-2/h3H,1,4-10H2,2H3. The van der Waals surface area contributed by atoms with Crippen LogP contribution in [0.5, 0.6) is 0 Å². The van der Waals surface area contributed by atoms with Crippen molar-refractivity contribution < 1.29 is 14.4 Å².